The summed E-state index contributed by atoms with van der Waals surface area (Å²) in [4.78, 5) is 13.4. The van der Waals surface area contributed by atoms with Crippen LogP contribution >= 0.6 is 0 Å². The highest BCUT2D eigenvalue weighted by molar-refractivity contribution is 5.92. The predicted octanol–water partition coefficient (Wildman–Crippen LogP) is 0.426. The second-order valence-corrected chi connectivity index (χ2v) is 3.24. The maximum Gasteiger partial charge on any atom is 0.274 e. The Morgan fingerprint density at radius 1 is 1.60 bits per heavy atom. The number of nitrogens with one attached hydrogen (secondary N) is 1. The monoisotopic (exact) mass is 211 g/mol. The summed E-state index contributed by atoms with van der Waals surface area (Å²) in [5.41, 5.74) is 1.36. The molecule has 0 atom stereocenters. The van der Waals surface area contributed by atoms with Crippen LogP contribution in [0.3, 0.4) is 0 Å². The van der Waals surface area contributed by atoms with E-state index in [1.54, 1.807) is 11.0 Å². The second kappa shape index (κ2) is 5.50. The Kier molecular flexibility index (Phi) is 4.30. The van der Waals surface area contributed by atoms with E-state index in [1.165, 1.54) is 0 Å². The Hall–Kier alpha value is -1.36. The molecule has 5 nitrogen and oxygen atoms in total. The van der Waals surface area contributed by atoms with Crippen molar-refractivity contribution in [3.05, 3.63) is 17.5 Å². The summed E-state index contributed by atoms with van der Waals surface area (Å²) in [7, 11) is 0. The van der Waals surface area contributed by atoms with Crippen LogP contribution in [-0.2, 0) is 6.42 Å². The van der Waals surface area contributed by atoms with Crippen molar-refractivity contribution in [1.82, 2.24) is 15.1 Å². The highest BCUT2D eigenvalue weighted by atomic mass is 16.3. The molecular weight excluding hydrogens is 194 g/mol. The lowest BCUT2D eigenvalue weighted by atomic mass is 10.3. The molecule has 2 N–H and O–H groups in total. The summed E-state index contributed by atoms with van der Waals surface area (Å²) in [5, 5.41) is 15.5. The zero-order valence-electron chi connectivity index (χ0n) is 9.16. The number of carbonyl (C=O) groups excluding carboxylic acids is 1. The number of amides is 1. The zero-order chi connectivity index (χ0) is 11.3. The van der Waals surface area contributed by atoms with Gasteiger partial charge >= 0.3 is 0 Å². The molecule has 0 fully saturated rings. The smallest absolute Gasteiger partial charge is 0.274 e. The molecule has 0 saturated heterocycles. The molecule has 0 spiro atoms. The maximum absolute atomic E-state index is 11.8. The summed E-state index contributed by atoms with van der Waals surface area (Å²) >= 11 is 0. The SMILES string of the molecule is CCc1cc(C(=O)N(CC)CCO)n[nH]1. The number of aliphatic hydroxyl groups excluding tert-OH is 1. The third-order valence-electron chi connectivity index (χ3n) is 2.27. The first-order valence-electron chi connectivity index (χ1n) is 5.17. The van der Waals surface area contributed by atoms with E-state index in [9.17, 15) is 4.79 Å². The lowest BCUT2D eigenvalue weighted by Crippen LogP contribution is -2.33. The zero-order valence-corrected chi connectivity index (χ0v) is 9.16. The summed E-state index contributed by atoms with van der Waals surface area (Å²) in [6, 6.07) is 1.75. The van der Waals surface area contributed by atoms with Crippen molar-refractivity contribution in [2.24, 2.45) is 0 Å². The van der Waals surface area contributed by atoms with Gasteiger partial charge in [0, 0.05) is 18.8 Å². The number of H-pyrrole nitrogens is 1. The number of hydrogen-bond donors (Lipinski definition) is 2. The van der Waals surface area contributed by atoms with Gasteiger partial charge in [-0.05, 0) is 19.4 Å². The lowest BCUT2D eigenvalue weighted by Gasteiger charge is -2.17. The topological polar surface area (TPSA) is 69.2 Å². The fourth-order valence-electron chi connectivity index (χ4n) is 1.34. The van der Waals surface area contributed by atoms with Crippen molar-refractivity contribution in [2.45, 2.75) is 20.3 Å². The number of hydrogen-bond acceptors (Lipinski definition) is 3. The van der Waals surface area contributed by atoms with Gasteiger partial charge in [-0.3, -0.25) is 9.89 Å². The van der Waals surface area contributed by atoms with E-state index in [2.05, 4.69) is 10.2 Å². The minimum Gasteiger partial charge on any atom is -0.395 e. The molecule has 0 aliphatic rings. The Morgan fingerprint density at radius 3 is 2.80 bits per heavy atom. The molecule has 1 amide bonds. The first-order valence-corrected chi connectivity index (χ1v) is 5.17. The van der Waals surface area contributed by atoms with Crippen molar-refractivity contribution in [3.8, 4) is 0 Å². The molecule has 0 aliphatic carbocycles. The van der Waals surface area contributed by atoms with E-state index >= 15 is 0 Å². The van der Waals surface area contributed by atoms with Gasteiger partial charge in [-0.1, -0.05) is 6.92 Å². The molecule has 1 aromatic heterocycles. The number of aromatic amines is 1. The summed E-state index contributed by atoms with van der Waals surface area (Å²) < 4.78 is 0. The Labute approximate surface area is 89.1 Å². The van der Waals surface area contributed by atoms with Crippen LogP contribution in [0.25, 0.3) is 0 Å². The van der Waals surface area contributed by atoms with Gasteiger partial charge in [-0.25, -0.2) is 0 Å². The Balaban J connectivity index is 2.73. The molecule has 1 rings (SSSR count). The molecule has 15 heavy (non-hydrogen) atoms. The van der Waals surface area contributed by atoms with Crippen molar-refractivity contribution >= 4 is 5.91 Å². The number of carbonyl (C=O) groups is 1. The van der Waals surface area contributed by atoms with Gasteiger partial charge in [-0.15, -0.1) is 0 Å². The van der Waals surface area contributed by atoms with Gasteiger partial charge < -0.3 is 10.0 Å². The summed E-state index contributed by atoms with van der Waals surface area (Å²) in [5.74, 6) is -0.137. The molecule has 1 heterocycles. The van der Waals surface area contributed by atoms with Crippen LogP contribution in [0.2, 0.25) is 0 Å². The highest BCUT2D eigenvalue weighted by Crippen LogP contribution is 2.04. The number of aliphatic hydroxyl groups is 1. The van der Waals surface area contributed by atoms with Crippen LogP contribution in [0, 0.1) is 0 Å². The normalized spacial score (nSPS) is 10.3. The third-order valence-corrected chi connectivity index (χ3v) is 2.27. The molecule has 0 bridgehead atoms. The largest absolute Gasteiger partial charge is 0.395 e. The number of rotatable bonds is 5. The standard InChI is InChI=1S/C10H17N3O2/c1-3-8-7-9(12-11-8)10(15)13(4-2)5-6-14/h7,14H,3-6H2,1-2H3,(H,11,12). The second-order valence-electron chi connectivity index (χ2n) is 3.24. The van der Waals surface area contributed by atoms with Crippen LogP contribution in [0.1, 0.15) is 30.0 Å². The molecule has 84 valence electrons. The van der Waals surface area contributed by atoms with E-state index in [4.69, 9.17) is 5.11 Å². The van der Waals surface area contributed by atoms with E-state index < -0.39 is 0 Å². The van der Waals surface area contributed by atoms with E-state index in [-0.39, 0.29) is 12.5 Å². The molecule has 0 radical (unpaired) electrons. The minimum absolute atomic E-state index is 0.0232. The van der Waals surface area contributed by atoms with Gasteiger partial charge in [0.2, 0.25) is 0 Å². The van der Waals surface area contributed by atoms with Crippen LogP contribution < -0.4 is 0 Å². The Bertz CT molecular complexity index is 322. The fraction of sp³-hybridized carbons (Fsp3) is 0.600. The molecule has 0 unspecified atom stereocenters. The Morgan fingerprint density at radius 2 is 2.33 bits per heavy atom. The summed E-state index contributed by atoms with van der Waals surface area (Å²) in [6.07, 6.45) is 0.826. The molecular formula is C10H17N3O2. The fourth-order valence-corrected chi connectivity index (χ4v) is 1.34. The number of aryl methyl sites for hydroxylation is 1. The van der Waals surface area contributed by atoms with Gasteiger partial charge in [0.05, 0.1) is 6.61 Å². The molecule has 5 heteroatoms. The van der Waals surface area contributed by atoms with Gasteiger partial charge in [0.1, 0.15) is 5.69 Å². The van der Waals surface area contributed by atoms with E-state index in [1.807, 2.05) is 13.8 Å². The molecule has 0 aliphatic heterocycles. The van der Waals surface area contributed by atoms with Crippen LogP contribution in [0.15, 0.2) is 6.07 Å². The van der Waals surface area contributed by atoms with Crippen LogP contribution in [0.4, 0.5) is 0 Å². The predicted molar refractivity (Wildman–Crippen MR) is 56.6 cm³/mol. The molecule has 0 saturated carbocycles. The van der Waals surface area contributed by atoms with Gasteiger partial charge in [0.25, 0.3) is 5.91 Å². The van der Waals surface area contributed by atoms with Gasteiger partial charge in [-0.2, -0.15) is 5.10 Å². The van der Waals surface area contributed by atoms with Crippen molar-refractivity contribution in [2.75, 3.05) is 19.7 Å². The van der Waals surface area contributed by atoms with E-state index in [0.717, 1.165) is 12.1 Å². The highest BCUT2D eigenvalue weighted by Gasteiger charge is 2.16. The van der Waals surface area contributed by atoms with Crippen molar-refractivity contribution in [1.29, 1.82) is 0 Å². The van der Waals surface area contributed by atoms with Crippen molar-refractivity contribution in [3.63, 3.8) is 0 Å². The number of likely N-dealkylation sites (N-methyl/N-ethyl adjacent to an activating group) is 1. The van der Waals surface area contributed by atoms with E-state index in [0.29, 0.717) is 18.8 Å². The summed E-state index contributed by atoms with van der Waals surface area (Å²) in [6.45, 7) is 4.77. The minimum atomic E-state index is -0.137. The average molecular weight is 211 g/mol. The molecule has 0 aromatic carbocycles. The first-order chi connectivity index (χ1) is 7.22. The number of aromatic nitrogens is 2. The first kappa shape index (κ1) is 11.7. The van der Waals surface area contributed by atoms with Crippen molar-refractivity contribution < 1.29 is 9.90 Å². The quantitative estimate of drug-likeness (QED) is 0.742. The van der Waals surface area contributed by atoms with Gasteiger partial charge in [0.15, 0.2) is 0 Å². The third kappa shape index (κ3) is 2.79. The van der Waals surface area contributed by atoms with Crippen LogP contribution in [0.5, 0.6) is 0 Å². The lowest BCUT2D eigenvalue weighted by molar-refractivity contribution is 0.0726. The maximum atomic E-state index is 11.8. The van der Waals surface area contributed by atoms with Crippen LogP contribution in [-0.4, -0.2) is 45.8 Å². The molecule has 1 aromatic rings. The number of nitrogens with zero attached hydrogens (tertiary/aromatic N) is 2. The average Bonchev–Trinajstić information content (AvgIpc) is 2.73.